The Balaban J connectivity index is 2.47. The zero-order valence-corrected chi connectivity index (χ0v) is 9.70. The van der Waals surface area contributed by atoms with Crippen LogP contribution in [-0.4, -0.2) is 35.5 Å². The first-order chi connectivity index (χ1) is 8.52. The van der Waals surface area contributed by atoms with E-state index in [4.69, 9.17) is 10.5 Å². The van der Waals surface area contributed by atoms with E-state index < -0.39 is 4.92 Å². The molecule has 1 aromatic rings. The van der Waals surface area contributed by atoms with Gasteiger partial charge in [-0.1, -0.05) is 0 Å². The van der Waals surface area contributed by atoms with Crippen LogP contribution in [0.3, 0.4) is 0 Å². The number of rotatable bonds is 3. The van der Waals surface area contributed by atoms with Crippen LogP contribution < -0.4 is 15.4 Å². The minimum absolute atomic E-state index is 0.0164. The van der Waals surface area contributed by atoms with E-state index in [1.165, 1.54) is 24.1 Å². The van der Waals surface area contributed by atoms with E-state index >= 15 is 0 Å². The molecule has 1 aliphatic heterocycles. The molecular formula is C10H12N4O4. The maximum atomic E-state index is 11.7. The van der Waals surface area contributed by atoms with Crippen molar-refractivity contribution in [1.82, 2.24) is 4.98 Å². The van der Waals surface area contributed by atoms with E-state index in [-0.39, 0.29) is 42.3 Å². The molecule has 0 bridgehead atoms. The van der Waals surface area contributed by atoms with Crippen molar-refractivity contribution in [2.24, 2.45) is 5.73 Å². The van der Waals surface area contributed by atoms with Crippen LogP contribution in [0.15, 0.2) is 12.1 Å². The molecule has 1 saturated heterocycles. The summed E-state index contributed by atoms with van der Waals surface area (Å²) in [6.07, 6.45) is 0.163. The third kappa shape index (κ3) is 2.09. The summed E-state index contributed by atoms with van der Waals surface area (Å²) < 4.78 is 4.91. The fraction of sp³-hybridized carbons (Fsp3) is 0.400. The lowest BCUT2D eigenvalue weighted by Gasteiger charge is -2.15. The molecular weight excluding hydrogens is 240 g/mol. The Morgan fingerprint density at radius 1 is 1.61 bits per heavy atom. The topological polar surface area (TPSA) is 112 Å². The van der Waals surface area contributed by atoms with E-state index in [2.05, 4.69) is 4.98 Å². The first kappa shape index (κ1) is 12.2. The number of methoxy groups -OCH3 is 1. The highest BCUT2D eigenvalue weighted by Crippen LogP contribution is 2.30. The third-order valence-electron chi connectivity index (χ3n) is 2.65. The average Bonchev–Trinajstić information content (AvgIpc) is 2.67. The van der Waals surface area contributed by atoms with E-state index in [0.717, 1.165) is 0 Å². The molecule has 0 spiro atoms. The zero-order valence-electron chi connectivity index (χ0n) is 9.70. The number of ether oxygens (including phenoxy) is 1. The van der Waals surface area contributed by atoms with Gasteiger partial charge in [-0.15, -0.1) is 0 Å². The second-order valence-electron chi connectivity index (χ2n) is 3.92. The van der Waals surface area contributed by atoms with Gasteiger partial charge in [0, 0.05) is 31.1 Å². The maximum Gasteiger partial charge on any atom is 0.312 e. The number of hydrogen-bond acceptors (Lipinski definition) is 6. The molecule has 1 fully saturated rings. The molecule has 1 unspecified atom stereocenters. The number of carbonyl (C=O) groups is 1. The van der Waals surface area contributed by atoms with Crippen molar-refractivity contribution in [2.75, 3.05) is 18.6 Å². The number of amides is 1. The van der Waals surface area contributed by atoms with Crippen molar-refractivity contribution in [1.29, 1.82) is 0 Å². The predicted octanol–water partition coefficient (Wildman–Crippen LogP) is 0.0624. The minimum Gasteiger partial charge on any atom is -0.481 e. The number of aromatic nitrogens is 1. The van der Waals surface area contributed by atoms with Crippen LogP contribution in [0.1, 0.15) is 6.42 Å². The van der Waals surface area contributed by atoms with Gasteiger partial charge in [0.05, 0.1) is 12.0 Å². The zero-order chi connectivity index (χ0) is 13.3. The minimum atomic E-state index is -0.584. The number of anilines is 1. The summed E-state index contributed by atoms with van der Waals surface area (Å²) in [5.74, 6) is -0.0764. The number of nitro groups is 1. The van der Waals surface area contributed by atoms with E-state index in [0.29, 0.717) is 0 Å². The summed E-state index contributed by atoms with van der Waals surface area (Å²) in [5.41, 5.74) is 5.42. The summed E-state index contributed by atoms with van der Waals surface area (Å²) in [6.45, 7) is 0.222. The summed E-state index contributed by atoms with van der Waals surface area (Å²) in [4.78, 5) is 27.2. The Labute approximate surface area is 102 Å². The number of nitrogens with two attached hydrogens (primary N) is 1. The van der Waals surface area contributed by atoms with Gasteiger partial charge in [0.25, 0.3) is 0 Å². The fourth-order valence-electron chi connectivity index (χ4n) is 1.82. The molecule has 8 nitrogen and oxygen atoms in total. The number of nitrogens with zero attached hydrogens (tertiary/aromatic N) is 3. The smallest absolute Gasteiger partial charge is 0.312 e. The van der Waals surface area contributed by atoms with Gasteiger partial charge < -0.3 is 10.5 Å². The quantitative estimate of drug-likeness (QED) is 0.601. The molecule has 96 valence electrons. The SMILES string of the molecule is COc1ccc([N+](=O)[O-])c(N2CC(N)CC2=O)n1. The van der Waals surface area contributed by atoms with Crippen LogP contribution in [0.5, 0.6) is 5.88 Å². The molecule has 1 amide bonds. The molecule has 0 aromatic carbocycles. The monoisotopic (exact) mass is 252 g/mol. The average molecular weight is 252 g/mol. The summed E-state index contributed by atoms with van der Waals surface area (Å²) in [6, 6.07) is 2.31. The van der Waals surface area contributed by atoms with Crippen LogP contribution in [-0.2, 0) is 4.79 Å². The van der Waals surface area contributed by atoms with Gasteiger partial charge in [0.2, 0.25) is 17.6 Å². The molecule has 0 saturated carbocycles. The van der Waals surface area contributed by atoms with Gasteiger partial charge >= 0.3 is 5.69 Å². The van der Waals surface area contributed by atoms with Gasteiger partial charge in [-0.3, -0.25) is 19.8 Å². The predicted molar refractivity (Wildman–Crippen MR) is 62.4 cm³/mol. The number of pyridine rings is 1. The van der Waals surface area contributed by atoms with Crippen molar-refractivity contribution >= 4 is 17.4 Å². The van der Waals surface area contributed by atoms with Gasteiger partial charge in [-0.05, 0) is 0 Å². The summed E-state index contributed by atoms with van der Waals surface area (Å²) >= 11 is 0. The first-order valence-corrected chi connectivity index (χ1v) is 5.28. The first-order valence-electron chi connectivity index (χ1n) is 5.28. The van der Waals surface area contributed by atoms with Crippen molar-refractivity contribution in [3.05, 3.63) is 22.2 Å². The fourth-order valence-corrected chi connectivity index (χ4v) is 1.82. The summed E-state index contributed by atoms with van der Waals surface area (Å²) in [7, 11) is 1.40. The van der Waals surface area contributed by atoms with E-state index in [9.17, 15) is 14.9 Å². The van der Waals surface area contributed by atoms with Gasteiger partial charge in [-0.25, -0.2) is 0 Å². The highest BCUT2D eigenvalue weighted by atomic mass is 16.6. The molecule has 2 rings (SSSR count). The molecule has 1 aromatic heterocycles. The second-order valence-corrected chi connectivity index (χ2v) is 3.92. The lowest BCUT2D eigenvalue weighted by Crippen LogP contribution is -2.29. The van der Waals surface area contributed by atoms with Crippen LogP contribution in [0, 0.1) is 10.1 Å². The van der Waals surface area contributed by atoms with Crippen LogP contribution in [0.4, 0.5) is 11.5 Å². The van der Waals surface area contributed by atoms with Crippen LogP contribution >= 0.6 is 0 Å². The van der Waals surface area contributed by atoms with Gasteiger partial charge in [0.15, 0.2) is 0 Å². The van der Waals surface area contributed by atoms with Crippen LogP contribution in [0.2, 0.25) is 0 Å². The maximum absolute atomic E-state index is 11.7. The van der Waals surface area contributed by atoms with E-state index in [1.54, 1.807) is 0 Å². The van der Waals surface area contributed by atoms with Crippen molar-refractivity contribution in [2.45, 2.75) is 12.5 Å². The normalized spacial score (nSPS) is 19.1. The van der Waals surface area contributed by atoms with Crippen LogP contribution in [0.25, 0.3) is 0 Å². The molecule has 18 heavy (non-hydrogen) atoms. The van der Waals surface area contributed by atoms with Crippen molar-refractivity contribution in [3.8, 4) is 5.88 Å². The lowest BCUT2D eigenvalue weighted by molar-refractivity contribution is -0.384. The Morgan fingerprint density at radius 3 is 2.83 bits per heavy atom. The van der Waals surface area contributed by atoms with Crippen molar-refractivity contribution < 1.29 is 14.5 Å². The third-order valence-corrected chi connectivity index (χ3v) is 2.65. The van der Waals surface area contributed by atoms with E-state index in [1.807, 2.05) is 0 Å². The molecule has 1 atom stereocenters. The second kappa shape index (κ2) is 4.57. The van der Waals surface area contributed by atoms with Gasteiger partial charge in [-0.2, -0.15) is 4.98 Å². The Hall–Kier alpha value is -2.22. The molecule has 8 heteroatoms. The number of carbonyl (C=O) groups excluding carboxylic acids is 1. The molecule has 0 aliphatic carbocycles. The summed E-state index contributed by atoms with van der Waals surface area (Å²) in [5, 5.41) is 10.9. The molecule has 0 radical (unpaired) electrons. The highest BCUT2D eigenvalue weighted by Gasteiger charge is 2.33. The Morgan fingerprint density at radius 2 is 2.33 bits per heavy atom. The Bertz CT molecular complexity index is 505. The largest absolute Gasteiger partial charge is 0.481 e. The molecule has 2 N–H and O–H groups in total. The Kier molecular flexibility index (Phi) is 3.11. The lowest BCUT2D eigenvalue weighted by atomic mass is 10.3. The standard InChI is InChI=1S/C10H12N4O4/c1-18-8-3-2-7(14(16)17)10(12-8)13-5-6(11)4-9(13)15/h2-3,6H,4-5,11H2,1H3. The van der Waals surface area contributed by atoms with Gasteiger partial charge in [0.1, 0.15) is 0 Å². The highest BCUT2D eigenvalue weighted by molar-refractivity contribution is 5.97. The molecule has 1 aliphatic rings. The number of hydrogen-bond donors (Lipinski definition) is 1. The molecule has 2 heterocycles. The van der Waals surface area contributed by atoms with Crippen molar-refractivity contribution in [3.63, 3.8) is 0 Å².